The molecule has 0 bridgehead atoms. The Hall–Kier alpha value is -1.02. The molecule has 4 N–H and O–H groups in total. The summed E-state index contributed by atoms with van der Waals surface area (Å²) in [6.07, 6.45) is 1.06. The van der Waals surface area contributed by atoms with E-state index in [1.165, 1.54) is 0 Å². The fourth-order valence-electron chi connectivity index (χ4n) is 1.86. The van der Waals surface area contributed by atoms with Gasteiger partial charge in [-0.05, 0) is 18.6 Å². The van der Waals surface area contributed by atoms with Gasteiger partial charge in [0, 0.05) is 12.0 Å². The number of benzene rings is 1. The van der Waals surface area contributed by atoms with Gasteiger partial charge in [-0.3, -0.25) is 0 Å². The molecule has 0 spiro atoms. The number of guanidine groups is 1. The molecule has 1 aliphatic rings. The van der Waals surface area contributed by atoms with Gasteiger partial charge in [0.15, 0.2) is 5.96 Å². The van der Waals surface area contributed by atoms with Gasteiger partial charge in [-0.25, -0.2) is 4.99 Å². The van der Waals surface area contributed by atoms with Gasteiger partial charge in [-0.2, -0.15) is 0 Å². The van der Waals surface area contributed by atoms with Crippen LogP contribution in [0.1, 0.15) is 17.5 Å². The molecule has 1 fully saturated rings. The molecular formula is C13H20IN3O2. The van der Waals surface area contributed by atoms with E-state index >= 15 is 0 Å². The number of aliphatic imine (C=N–C) groups is 1. The Morgan fingerprint density at radius 2 is 2.26 bits per heavy atom. The zero-order valence-corrected chi connectivity index (χ0v) is 13.3. The first-order chi connectivity index (χ1) is 8.65. The second kappa shape index (κ2) is 7.54. The van der Waals surface area contributed by atoms with Crippen LogP contribution in [-0.4, -0.2) is 25.3 Å². The van der Waals surface area contributed by atoms with Crippen LogP contribution in [0.2, 0.25) is 0 Å². The highest BCUT2D eigenvalue weighted by atomic mass is 127. The minimum absolute atomic E-state index is 0. The first-order valence-corrected chi connectivity index (χ1v) is 6.04. The quantitative estimate of drug-likeness (QED) is 0.474. The molecule has 0 aliphatic carbocycles. The monoisotopic (exact) mass is 377 g/mol. The molecule has 1 atom stereocenters. The molecule has 106 valence electrons. The van der Waals surface area contributed by atoms with E-state index in [-0.39, 0.29) is 36.0 Å². The number of rotatable bonds is 4. The molecule has 5 nitrogen and oxygen atoms in total. The third-order valence-electron chi connectivity index (χ3n) is 2.84. The van der Waals surface area contributed by atoms with E-state index in [1.807, 2.05) is 25.1 Å². The standard InChI is InChI=1S/C13H19N3O2.HI/c1-9-2-3-10(7-16-13(14)15)12(6-9)18-11-4-5-17-8-11;/h2-3,6,11H,4-5,7-8H2,1H3,(H4,14,15,16);1H. The normalized spacial score (nSPS) is 17.6. The lowest BCUT2D eigenvalue weighted by Gasteiger charge is -2.15. The Kier molecular flexibility index (Phi) is 6.36. The van der Waals surface area contributed by atoms with Crippen molar-refractivity contribution in [1.29, 1.82) is 0 Å². The van der Waals surface area contributed by atoms with Gasteiger partial charge in [0.25, 0.3) is 0 Å². The average molecular weight is 377 g/mol. The average Bonchev–Trinajstić information content (AvgIpc) is 2.80. The number of nitrogens with two attached hydrogens (primary N) is 2. The summed E-state index contributed by atoms with van der Waals surface area (Å²) in [6.45, 7) is 3.88. The smallest absolute Gasteiger partial charge is 0.186 e. The topological polar surface area (TPSA) is 82.9 Å². The SMILES string of the molecule is Cc1ccc(CN=C(N)N)c(OC2CCOC2)c1.I. The maximum Gasteiger partial charge on any atom is 0.186 e. The molecule has 19 heavy (non-hydrogen) atoms. The largest absolute Gasteiger partial charge is 0.488 e. The molecule has 0 amide bonds. The maximum absolute atomic E-state index is 5.94. The highest BCUT2D eigenvalue weighted by molar-refractivity contribution is 14.0. The first kappa shape index (κ1) is 16.0. The Morgan fingerprint density at radius 1 is 1.47 bits per heavy atom. The number of halogens is 1. The summed E-state index contributed by atoms with van der Waals surface area (Å²) in [5.41, 5.74) is 12.8. The third-order valence-corrected chi connectivity index (χ3v) is 2.84. The van der Waals surface area contributed by atoms with Crippen LogP contribution in [0.3, 0.4) is 0 Å². The zero-order valence-electron chi connectivity index (χ0n) is 11.0. The summed E-state index contributed by atoms with van der Waals surface area (Å²) in [6, 6.07) is 6.03. The summed E-state index contributed by atoms with van der Waals surface area (Å²) < 4.78 is 11.2. The molecule has 1 aromatic carbocycles. The lowest BCUT2D eigenvalue weighted by Crippen LogP contribution is -2.22. The lowest BCUT2D eigenvalue weighted by molar-refractivity contribution is 0.140. The summed E-state index contributed by atoms with van der Waals surface area (Å²) in [4.78, 5) is 4.02. The maximum atomic E-state index is 5.94. The molecule has 1 saturated heterocycles. The van der Waals surface area contributed by atoms with Crippen LogP contribution in [0.4, 0.5) is 0 Å². The Balaban J connectivity index is 0.00000180. The number of hydrogen-bond donors (Lipinski definition) is 2. The van der Waals surface area contributed by atoms with Crippen molar-refractivity contribution >= 4 is 29.9 Å². The van der Waals surface area contributed by atoms with E-state index in [0.29, 0.717) is 13.2 Å². The number of nitrogens with zero attached hydrogens (tertiary/aromatic N) is 1. The Labute approximate surface area is 130 Å². The predicted octanol–water partition coefficient (Wildman–Crippen LogP) is 1.55. The van der Waals surface area contributed by atoms with Crippen LogP contribution in [-0.2, 0) is 11.3 Å². The second-order valence-electron chi connectivity index (χ2n) is 4.46. The van der Waals surface area contributed by atoms with E-state index in [9.17, 15) is 0 Å². The Bertz CT molecular complexity index is 442. The van der Waals surface area contributed by atoms with Gasteiger partial charge in [0.1, 0.15) is 11.9 Å². The molecule has 0 aromatic heterocycles. The van der Waals surface area contributed by atoms with Gasteiger partial charge < -0.3 is 20.9 Å². The molecule has 1 aliphatic heterocycles. The van der Waals surface area contributed by atoms with Crippen molar-refractivity contribution < 1.29 is 9.47 Å². The van der Waals surface area contributed by atoms with Crippen LogP contribution in [0.15, 0.2) is 23.2 Å². The van der Waals surface area contributed by atoms with Gasteiger partial charge in [0.2, 0.25) is 0 Å². The third kappa shape index (κ3) is 4.87. The molecule has 1 aromatic rings. The van der Waals surface area contributed by atoms with E-state index in [0.717, 1.165) is 29.9 Å². The molecule has 0 saturated carbocycles. The van der Waals surface area contributed by atoms with E-state index in [1.54, 1.807) is 0 Å². The minimum atomic E-state index is 0. The van der Waals surface area contributed by atoms with Crippen LogP contribution >= 0.6 is 24.0 Å². The van der Waals surface area contributed by atoms with Crippen molar-refractivity contribution in [3.63, 3.8) is 0 Å². The molecule has 6 heteroatoms. The van der Waals surface area contributed by atoms with Crippen LogP contribution < -0.4 is 16.2 Å². The van der Waals surface area contributed by atoms with E-state index in [4.69, 9.17) is 20.9 Å². The van der Waals surface area contributed by atoms with Crippen molar-refractivity contribution in [3.05, 3.63) is 29.3 Å². The molecule has 1 unspecified atom stereocenters. The van der Waals surface area contributed by atoms with Crippen molar-refractivity contribution in [2.75, 3.05) is 13.2 Å². The highest BCUT2D eigenvalue weighted by Gasteiger charge is 2.18. The fraction of sp³-hybridized carbons (Fsp3) is 0.462. The molecule has 2 rings (SSSR count). The number of aryl methyl sites for hydroxylation is 1. The van der Waals surface area contributed by atoms with Crippen LogP contribution in [0, 0.1) is 6.92 Å². The predicted molar refractivity (Wildman–Crippen MR) is 86.0 cm³/mol. The second-order valence-corrected chi connectivity index (χ2v) is 4.46. The highest BCUT2D eigenvalue weighted by Crippen LogP contribution is 2.24. The summed E-state index contributed by atoms with van der Waals surface area (Å²) in [7, 11) is 0. The van der Waals surface area contributed by atoms with Crippen LogP contribution in [0.5, 0.6) is 5.75 Å². The van der Waals surface area contributed by atoms with Crippen LogP contribution in [0.25, 0.3) is 0 Å². The van der Waals surface area contributed by atoms with Gasteiger partial charge >= 0.3 is 0 Å². The van der Waals surface area contributed by atoms with Crippen molar-refractivity contribution in [1.82, 2.24) is 0 Å². The minimum Gasteiger partial charge on any atom is -0.488 e. The fourth-order valence-corrected chi connectivity index (χ4v) is 1.86. The van der Waals surface area contributed by atoms with Crippen molar-refractivity contribution in [2.24, 2.45) is 16.5 Å². The van der Waals surface area contributed by atoms with E-state index in [2.05, 4.69) is 4.99 Å². The summed E-state index contributed by atoms with van der Waals surface area (Å²) in [5.74, 6) is 0.932. The number of hydrogen-bond acceptors (Lipinski definition) is 3. The Morgan fingerprint density at radius 3 is 2.89 bits per heavy atom. The zero-order chi connectivity index (χ0) is 13.0. The van der Waals surface area contributed by atoms with Crippen molar-refractivity contribution in [3.8, 4) is 5.75 Å². The van der Waals surface area contributed by atoms with Crippen molar-refractivity contribution in [2.45, 2.75) is 26.0 Å². The molecular weight excluding hydrogens is 357 g/mol. The summed E-state index contributed by atoms with van der Waals surface area (Å²) >= 11 is 0. The summed E-state index contributed by atoms with van der Waals surface area (Å²) in [5, 5.41) is 0. The van der Waals surface area contributed by atoms with Gasteiger partial charge in [-0.15, -0.1) is 24.0 Å². The lowest BCUT2D eigenvalue weighted by atomic mass is 10.1. The number of ether oxygens (including phenoxy) is 2. The molecule has 0 radical (unpaired) electrons. The van der Waals surface area contributed by atoms with Gasteiger partial charge in [-0.1, -0.05) is 12.1 Å². The van der Waals surface area contributed by atoms with Gasteiger partial charge in [0.05, 0.1) is 19.8 Å². The van der Waals surface area contributed by atoms with E-state index < -0.39 is 0 Å². The first-order valence-electron chi connectivity index (χ1n) is 6.04. The molecule has 1 heterocycles.